The Bertz CT molecular complexity index is 434. The van der Waals surface area contributed by atoms with Gasteiger partial charge in [-0.15, -0.1) is 0 Å². The number of hydrogen-bond donors (Lipinski definition) is 2. The zero-order chi connectivity index (χ0) is 13.0. The molecule has 0 aliphatic carbocycles. The molecule has 0 spiro atoms. The fraction of sp³-hybridized carbons (Fsp3) is 0.583. The smallest absolute Gasteiger partial charge is 0.239 e. The summed E-state index contributed by atoms with van der Waals surface area (Å²) in [4.78, 5) is 22.3. The van der Waals surface area contributed by atoms with Crippen molar-refractivity contribution in [1.29, 1.82) is 0 Å². The van der Waals surface area contributed by atoms with Crippen LogP contribution >= 0.6 is 0 Å². The van der Waals surface area contributed by atoms with Gasteiger partial charge in [0.05, 0.1) is 6.54 Å². The van der Waals surface area contributed by atoms with Crippen LogP contribution in [0.15, 0.2) is 6.20 Å². The van der Waals surface area contributed by atoms with Gasteiger partial charge in [-0.1, -0.05) is 0 Å². The molecule has 1 aliphatic rings. The third kappa shape index (κ3) is 2.88. The molecule has 0 unspecified atom stereocenters. The third-order valence-electron chi connectivity index (χ3n) is 2.84. The van der Waals surface area contributed by atoms with Crippen LogP contribution in [0.4, 0.5) is 11.8 Å². The van der Waals surface area contributed by atoms with Crippen LogP contribution in [0.25, 0.3) is 0 Å². The first-order chi connectivity index (χ1) is 8.70. The number of hydrogen-bond acceptors (Lipinski definition) is 5. The van der Waals surface area contributed by atoms with Gasteiger partial charge in [0, 0.05) is 31.4 Å². The first kappa shape index (κ1) is 12.6. The molecule has 2 rings (SSSR count). The van der Waals surface area contributed by atoms with E-state index in [-0.39, 0.29) is 5.91 Å². The van der Waals surface area contributed by atoms with Gasteiger partial charge in [-0.25, -0.2) is 4.98 Å². The monoisotopic (exact) mass is 249 g/mol. The minimum atomic E-state index is 0.0514. The lowest BCUT2D eigenvalue weighted by atomic mass is 10.3. The summed E-state index contributed by atoms with van der Waals surface area (Å²) in [7, 11) is 0. The zero-order valence-corrected chi connectivity index (χ0v) is 10.9. The van der Waals surface area contributed by atoms with Crippen LogP contribution in [-0.4, -0.2) is 42.1 Å². The van der Waals surface area contributed by atoms with E-state index in [1.165, 1.54) is 0 Å². The second-order valence-electron chi connectivity index (χ2n) is 4.36. The van der Waals surface area contributed by atoms with Crippen LogP contribution in [0, 0.1) is 6.92 Å². The lowest BCUT2D eigenvalue weighted by Gasteiger charge is -2.22. The number of aromatic nitrogens is 2. The number of anilines is 2. The van der Waals surface area contributed by atoms with Crippen LogP contribution in [0.2, 0.25) is 0 Å². The molecule has 2 heterocycles. The molecule has 2 N–H and O–H groups in total. The number of rotatable bonds is 3. The fourth-order valence-electron chi connectivity index (χ4n) is 1.98. The number of carbonyl (C=O) groups is 1. The standard InChI is InChI=1S/C12H19N5O/c1-3-13-12-15-7-9(2)11(16-12)17-6-4-5-14-10(18)8-17/h7H,3-6,8H2,1-2H3,(H,14,18)(H,13,15,16). The van der Waals surface area contributed by atoms with E-state index in [4.69, 9.17) is 0 Å². The molecule has 1 aromatic rings. The van der Waals surface area contributed by atoms with Crippen molar-refractivity contribution in [2.24, 2.45) is 0 Å². The molecule has 0 atom stereocenters. The maximum atomic E-state index is 11.6. The first-order valence-corrected chi connectivity index (χ1v) is 6.30. The van der Waals surface area contributed by atoms with Gasteiger partial charge in [0.1, 0.15) is 5.82 Å². The molecular weight excluding hydrogens is 230 g/mol. The quantitative estimate of drug-likeness (QED) is 0.818. The van der Waals surface area contributed by atoms with Crippen LogP contribution in [0.3, 0.4) is 0 Å². The average molecular weight is 249 g/mol. The zero-order valence-electron chi connectivity index (χ0n) is 10.9. The normalized spacial score (nSPS) is 16.1. The van der Waals surface area contributed by atoms with Crippen molar-refractivity contribution in [1.82, 2.24) is 15.3 Å². The van der Waals surface area contributed by atoms with Gasteiger partial charge >= 0.3 is 0 Å². The van der Waals surface area contributed by atoms with Crippen LogP contribution < -0.4 is 15.5 Å². The molecule has 98 valence electrons. The summed E-state index contributed by atoms with van der Waals surface area (Å²) in [6.07, 6.45) is 2.73. The molecule has 0 saturated carbocycles. The molecule has 0 aromatic carbocycles. The minimum absolute atomic E-state index is 0.0514. The van der Waals surface area contributed by atoms with Crippen LogP contribution in [-0.2, 0) is 4.79 Å². The predicted molar refractivity (Wildman–Crippen MR) is 70.8 cm³/mol. The lowest BCUT2D eigenvalue weighted by Crippen LogP contribution is -2.34. The minimum Gasteiger partial charge on any atom is -0.354 e. The van der Waals surface area contributed by atoms with E-state index in [1.807, 2.05) is 18.7 Å². The van der Waals surface area contributed by atoms with E-state index in [0.29, 0.717) is 12.5 Å². The fourth-order valence-corrected chi connectivity index (χ4v) is 1.98. The molecule has 1 aromatic heterocycles. The van der Waals surface area contributed by atoms with Gasteiger partial charge in [-0.05, 0) is 20.3 Å². The first-order valence-electron chi connectivity index (χ1n) is 6.30. The molecule has 1 saturated heterocycles. The number of carbonyl (C=O) groups excluding carboxylic acids is 1. The molecule has 1 amide bonds. The number of amides is 1. The van der Waals surface area contributed by atoms with Crippen molar-refractivity contribution in [2.45, 2.75) is 20.3 Å². The van der Waals surface area contributed by atoms with Crippen molar-refractivity contribution in [2.75, 3.05) is 36.4 Å². The van der Waals surface area contributed by atoms with Gasteiger partial charge in [0.2, 0.25) is 11.9 Å². The average Bonchev–Trinajstić information content (AvgIpc) is 2.57. The summed E-state index contributed by atoms with van der Waals surface area (Å²) in [5, 5.41) is 5.96. The van der Waals surface area contributed by atoms with Crippen molar-refractivity contribution in [3.05, 3.63) is 11.8 Å². The van der Waals surface area contributed by atoms with Gasteiger partial charge in [-0.2, -0.15) is 4.98 Å². The predicted octanol–water partition coefficient (Wildman–Crippen LogP) is 0.543. The summed E-state index contributed by atoms with van der Waals surface area (Å²) >= 11 is 0. The van der Waals surface area contributed by atoms with E-state index in [9.17, 15) is 4.79 Å². The lowest BCUT2D eigenvalue weighted by molar-refractivity contribution is -0.119. The maximum absolute atomic E-state index is 11.6. The second-order valence-corrected chi connectivity index (χ2v) is 4.36. The highest BCUT2D eigenvalue weighted by atomic mass is 16.2. The Balaban J connectivity index is 2.24. The number of nitrogens with one attached hydrogen (secondary N) is 2. The summed E-state index contributed by atoms with van der Waals surface area (Å²) in [6, 6.07) is 0. The Morgan fingerprint density at radius 2 is 2.39 bits per heavy atom. The Morgan fingerprint density at radius 3 is 3.17 bits per heavy atom. The highest BCUT2D eigenvalue weighted by Crippen LogP contribution is 2.18. The van der Waals surface area contributed by atoms with E-state index in [2.05, 4.69) is 20.6 Å². The SMILES string of the molecule is CCNc1ncc(C)c(N2CCCNC(=O)C2)n1. The Hall–Kier alpha value is -1.85. The Kier molecular flexibility index (Phi) is 3.96. The molecule has 18 heavy (non-hydrogen) atoms. The maximum Gasteiger partial charge on any atom is 0.239 e. The highest BCUT2D eigenvalue weighted by molar-refractivity contribution is 5.81. The summed E-state index contributed by atoms with van der Waals surface area (Å²) in [5.41, 5.74) is 0.992. The molecule has 1 fully saturated rings. The van der Waals surface area contributed by atoms with Gasteiger partial charge in [0.25, 0.3) is 0 Å². The molecule has 0 bridgehead atoms. The molecular formula is C12H19N5O. The summed E-state index contributed by atoms with van der Waals surface area (Å²) in [6.45, 7) is 6.68. The van der Waals surface area contributed by atoms with Gasteiger partial charge < -0.3 is 15.5 Å². The highest BCUT2D eigenvalue weighted by Gasteiger charge is 2.18. The van der Waals surface area contributed by atoms with Gasteiger partial charge in [0.15, 0.2) is 0 Å². The molecule has 0 radical (unpaired) electrons. The van der Waals surface area contributed by atoms with E-state index in [0.717, 1.165) is 37.4 Å². The Morgan fingerprint density at radius 1 is 1.56 bits per heavy atom. The van der Waals surface area contributed by atoms with Crippen molar-refractivity contribution in [3.8, 4) is 0 Å². The number of aryl methyl sites for hydroxylation is 1. The Labute approximate surface area is 107 Å². The summed E-state index contributed by atoms with van der Waals surface area (Å²) in [5.74, 6) is 1.51. The van der Waals surface area contributed by atoms with Gasteiger partial charge in [-0.3, -0.25) is 4.79 Å². The van der Waals surface area contributed by atoms with E-state index >= 15 is 0 Å². The van der Waals surface area contributed by atoms with E-state index < -0.39 is 0 Å². The van der Waals surface area contributed by atoms with Crippen LogP contribution in [0.5, 0.6) is 0 Å². The van der Waals surface area contributed by atoms with Crippen LogP contribution in [0.1, 0.15) is 18.9 Å². The molecule has 6 nitrogen and oxygen atoms in total. The second kappa shape index (κ2) is 5.66. The van der Waals surface area contributed by atoms with Crippen molar-refractivity contribution >= 4 is 17.7 Å². The number of nitrogens with zero attached hydrogens (tertiary/aromatic N) is 3. The third-order valence-corrected chi connectivity index (χ3v) is 2.84. The largest absolute Gasteiger partial charge is 0.354 e. The van der Waals surface area contributed by atoms with Crippen molar-refractivity contribution < 1.29 is 4.79 Å². The summed E-state index contributed by atoms with van der Waals surface area (Å²) < 4.78 is 0. The molecule has 6 heteroatoms. The topological polar surface area (TPSA) is 70.2 Å². The molecule has 1 aliphatic heterocycles. The van der Waals surface area contributed by atoms with Crippen molar-refractivity contribution in [3.63, 3.8) is 0 Å². The van der Waals surface area contributed by atoms with E-state index in [1.54, 1.807) is 6.20 Å².